The normalized spacial score (nSPS) is 17.9. The summed E-state index contributed by atoms with van der Waals surface area (Å²) in [6.45, 7) is 2.66. The van der Waals surface area contributed by atoms with Gasteiger partial charge in [0.1, 0.15) is 11.4 Å². The first kappa shape index (κ1) is 23.1. The van der Waals surface area contributed by atoms with E-state index in [2.05, 4.69) is 15.3 Å². The Kier molecular flexibility index (Phi) is 6.57. The number of para-hydroxylation sites is 1. The monoisotopic (exact) mass is 485 g/mol. The molecule has 4 aromatic rings. The van der Waals surface area contributed by atoms with E-state index in [1.165, 1.54) is 11.3 Å². The largest absolute Gasteiger partial charge is 0.349 e. The molecule has 0 saturated carbocycles. The van der Waals surface area contributed by atoms with Crippen LogP contribution >= 0.6 is 11.3 Å². The number of hydrogen-bond donors (Lipinski definition) is 2. The van der Waals surface area contributed by atoms with Gasteiger partial charge in [-0.1, -0.05) is 54.6 Å². The van der Waals surface area contributed by atoms with Gasteiger partial charge in [0.2, 0.25) is 0 Å². The first-order chi connectivity index (χ1) is 17.0. The molecule has 2 unspecified atom stereocenters. The van der Waals surface area contributed by atoms with E-state index in [0.717, 1.165) is 32.8 Å². The molecule has 2 aromatic carbocycles. The number of pyridine rings is 1. The molecule has 2 atom stereocenters. The highest BCUT2D eigenvalue weighted by Gasteiger charge is 2.33. The molecular weight excluding hydrogens is 458 g/mol. The molecule has 35 heavy (non-hydrogen) atoms. The predicted molar refractivity (Wildman–Crippen MR) is 138 cm³/mol. The molecule has 3 N–H and O–H groups in total. The Morgan fingerprint density at radius 1 is 1.03 bits per heavy atom. The third kappa shape index (κ3) is 4.94. The lowest BCUT2D eigenvalue weighted by molar-refractivity contribution is 0.0574. The van der Waals surface area contributed by atoms with Crippen molar-refractivity contribution in [1.82, 2.24) is 20.2 Å². The molecule has 0 radical (unpaired) electrons. The minimum atomic E-state index is -0.257. The molecule has 2 amide bonds. The summed E-state index contributed by atoms with van der Waals surface area (Å²) in [5, 5.41) is 4.80. The molecule has 2 aromatic heterocycles. The molecule has 1 saturated heterocycles. The minimum absolute atomic E-state index is 0.104. The zero-order valence-electron chi connectivity index (χ0n) is 19.5. The number of carbonyl (C=O) groups excluding carboxylic acids is 2. The van der Waals surface area contributed by atoms with Crippen LogP contribution < -0.4 is 11.1 Å². The van der Waals surface area contributed by atoms with Crippen LogP contribution in [0, 0.1) is 6.92 Å². The summed E-state index contributed by atoms with van der Waals surface area (Å²) in [7, 11) is 0. The number of nitrogens with two attached hydrogens (primary N) is 1. The third-order valence-corrected chi connectivity index (χ3v) is 7.33. The molecule has 0 bridgehead atoms. The van der Waals surface area contributed by atoms with Gasteiger partial charge in [0.25, 0.3) is 11.8 Å². The Hall–Kier alpha value is -3.62. The standard InChI is InChI=1S/C27H27N5O2S/c1-17-30-24(25(35-17)19-8-3-2-4-9-19)27(34)32-16-20(28)12-13-21(32)15-29-26(33)23-14-11-18-7-5-6-10-22(18)31-23/h2-11,14,20-21H,12-13,15-16,28H2,1H3,(H,29,33). The summed E-state index contributed by atoms with van der Waals surface area (Å²) in [5.41, 5.74) is 8.79. The van der Waals surface area contributed by atoms with Gasteiger partial charge in [0.15, 0.2) is 0 Å². The van der Waals surface area contributed by atoms with E-state index in [1.807, 2.05) is 67.6 Å². The minimum Gasteiger partial charge on any atom is -0.349 e. The number of nitrogens with zero attached hydrogens (tertiary/aromatic N) is 3. The van der Waals surface area contributed by atoms with Crippen LogP contribution in [0.1, 0.15) is 38.8 Å². The van der Waals surface area contributed by atoms with Crippen molar-refractivity contribution in [1.29, 1.82) is 0 Å². The van der Waals surface area contributed by atoms with Crippen LogP contribution in [0.3, 0.4) is 0 Å². The summed E-state index contributed by atoms with van der Waals surface area (Å²) in [5.74, 6) is -0.404. The van der Waals surface area contributed by atoms with E-state index in [0.29, 0.717) is 30.9 Å². The number of carbonyl (C=O) groups is 2. The maximum Gasteiger partial charge on any atom is 0.274 e. The van der Waals surface area contributed by atoms with Crippen LogP contribution in [-0.2, 0) is 0 Å². The van der Waals surface area contributed by atoms with E-state index in [4.69, 9.17) is 5.73 Å². The highest BCUT2D eigenvalue weighted by Crippen LogP contribution is 2.32. The SMILES string of the molecule is Cc1nc(C(=O)N2CC(N)CCC2CNC(=O)c2ccc3ccccc3n2)c(-c2ccccc2)s1. The van der Waals surface area contributed by atoms with Crippen molar-refractivity contribution in [2.75, 3.05) is 13.1 Å². The predicted octanol–water partition coefficient (Wildman–Crippen LogP) is 4.03. The fourth-order valence-corrected chi connectivity index (χ4v) is 5.42. The van der Waals surface area contributed by atoms with E-state index in [9.17, 15) is 9.59 Å². The van der Waals surface area contributed by atoms with Gasteiger partial charge in [0, 0.05) is 30.6 Å². The Balaban J connectivity index is 1.35. The quantitative estimate of drug-likeness (QED) is 0.445. The van der Waals surface area contributed by atoms with Crippen LogP contribution in [-0.4, -0.2) is 51.9 Å². The second kappa shape index (κ2) is 9.93. The molecule has 178 valence electrons. The van der Waals surface area contributed by atoms with Crippen molar-refractivity contribution in [2.45, 2.75) is 31.8 Å². The lowest BCUT2D eigenvalue weighted by atomic mass is 9.97. The van der Waals surface area contributed by atoms with Gasteiger partial charge in [-0.3, -0.25) is 9.59 Å². The molecule has 1 aliphatic rings. The molecule has 1 fully saturated rings. The van der Waals surface area contributed by atoms with Gasteiger partial charge in [-0.2, -0.15) is 0 Å². The fraction of sp³-hybridized carbons (Fsp3) is 0.259. The Labute approximate surface area is 208 Å². The molecule has 1 aliphatic heterocycles. The molecule has 0 aliphatic carbocycles. The van der Waals surface area contributed by atoms with Gasteiger partial charge < -0.3 is 16.0 Å². The number of piperidine rings is 1. The molecular formula is C27H27N5O2S. The third-order valence-electron chi connectivity index (χ3n) is 6.31. The molecule has 3 heterocycles. The Morgan fingerprint density at radius 3 is 2.63 bits per heavy atom. The van der Waals surface area contributed by atoms with Crippen molar-refractivity contribution < 1.29 is 9.59 Å². The fourth-order valence-electron chi connectivity index (χ4n) is 4.50. The van der Waals surface area contributed by atoms with E-state index in [-0.39, 0.29) is 23.9 Å². The lowest BCUT2D eigenvalue weighted by Crippen LogP contribution is -2.55. The van der Waals surface area contributed by atoms with Gasteiger partial charge in [0.05, 0.1) is 15.4 Å². The van der Waals surface area contributed by atoms with Gasteiger partial charge in [-0.25, -0.2) is 9.97 Å². The first-order valence-corrected chi connectivity index (χ1v) is 12.5. The maximum absolute atomic E-state index is 13.7. The second-order valence-corrected chi connectivity index (χ2v) is 10.0. The molecule has 7 nitrogen and oxygen atoms in total. The van der Waals surface area contributed by atoms with Gasteiger partial charge in [-0.15, -0.1) is 11.3 Å². The van der Waals surface area contributed by atoms with Crippen molar-refractivity contribution in [3.8, 4) is 10.4 Å². The highest BCUT2D eigenvalue weighted by molar-refractivity contribution is 7.15. The van der Waals surface area contributed by atoms with Crippen LogP contribution in [0.5, 0.6) is 0 Å². The first-order valence-electron chi connectivity index (χ1n) is 11.7. The summed E-state index contributed by atoms with van der Waals surface area (Å²) in [6, 6.07) is 20.9. The Bertz CT molecular complexity index is 1370. The van der Waals surface area contributed by atoms with Crippen molar-refractivity contribution in [3.05, 3.63) is 83.1 Å². The van der Waals surface area contributed by atoms with Gasteiger partial charge in [-0.05, 0) is 37.5 Å². The summed E-state index contributed by atoms with van der Waals surface area (Å²) in [6.07, 6.45) is 1.50. The van der Waals surface area contributed by atoms with Crippen molar-refractivity contribution in [2.24, 2.45) is 5.73 Å². The number of nitrogens with one attached hydrogen (secondary N) is 1. The summed E-state index contributed by atoms with van der Waals surface area (Å²) >= 11 is 1.51. The number of aromatic nitrogens is 2. The number of fused-ring (bicyclic) bond motifs is 1. The number of likely N-dealkylation sites (tertiary alicyclic amines) is 1. The Morgan fingerprint density at radius 2 is 1.80 bits per heavy atom. The molecule has 0 spiro atoms. The molecule has 8 heteroatoms. The summed E-state index contributed by atoms with van der Waals surface area (Å²) < 4.78 is 0. The lowest BCUT2D eigenvalue weighted by Gasteiger charge is -2.38. The smallest absolute Gasteiger partial charge is 0.274 e. The number of rotatable bonds is 5. The number of thiazole rings is 1. The van der Waals surface area contributed by atoms with Crippen molar-refractivity contribution >= 4 is 34.1 Å². The molecule has 5 rings (SSSR count). The highest BCUT2D eigenvalue weighted by atomic mass is 32.1. The number of amides is 2. The number of benzene rings is 2. The van der Waals surface area contributed by atoms with Gasteiger partial charge >= 0.3 is 0 Å². The van der Waals surface area contributed by atoms with E-state index in [1.54, 1.807) is 11.0 Å². The van der Waals surface area contributed by atoms with E-state index >= 15 is 0 Å². The number of aryl methyl sites for hydroxylation is 1. The second-order valence-electron chi connectivity index (χ2n) is 8.82. The van der Waals surface area contributed by atoms with Crippen molar-refractivity contribution in [3.63, 3.8) is 0 Å². The van der Waals surface area contributed by atoms with Crippen LogP contribution in [0.25, 0.3) is 21.3 Å². The maximum atomic E-state index is 13.7. The topological polar surface area (TPSA) is 101 Å². The van der Waals surface area contributed by atoms with Crippen LogP contribution in [0.4, 0.5) is 0 Å². The number of hydrogen-bond acceptors (Lipinski definition) is 6. The average molecular weight is 486 g/mol. The van der Waals surface area contributed by atoms with Crippen LogP contribution in [0.2, 0.25) is 0 Å². The average Bonchev–Trinajstić information content (AvgIpc) is 3.29. The van der Waals surface area contributed by atoms with Crippen LogP contribution in [0.15, 0.2) is 66.7 Å². The zero-order valence-corrected chi connectivity index (χ0v) is 20.3. The zero-order chi connectivity index (χ0) is 24.4. The summed E-state index contributed by atoms with van der Waals surface area (Å²) in [4.78, 5) is 38.3. The van der Waals surface area contributed by atoms with E-state index < -0.39 is 0 Å².